The zero-order valence-electron chi connectivity index (χ0n) is 12.0. The molecule has 2 N–H and O–H groups in total. The fraction of sp³-hybridized carbons (Fsp3) is 0.167. The molecule has 0 saturated carbocycles. The SMILES string of the molecule is CCc1ccccc1NC(=O)Cc1ccc2cc[nH]c2c1. The summed E-state index contributed by atoms with van der Waals surface area (Å²) in [7, 11) is 0. The molecule has 21 heavy (non-hydrogen) atoms. The molecule has 0 radical (unpaired) electrons. The van der Waals surface area contributed by atoms with Crippen molar-refractivity contribution in [2.45, 2.75) is 19.8 Å². The number of benzene rings is 2. The average Bonchev–Trinajstić information content (AvgIpc) is 2.95. The first-order chi connectivity index (χ1) is 10.3. The third-order valence-electron chi connectivity index (χ3n) is 3.66. The number of H-pyrrole nitrogens is 1. The Balaban J connectivity index is 1.73. The summed E-state index contributed by atoms with van der Waals surface area (Å²) in [6.07, 6.45) is 3.20. The van der Waals surface area contributed by atoms with E-state index < -0.39 is 0 Å². The molecule has 0 unspecified atom stereocenters. The van der Waals surface area contributed by atoms with Crippen LogP contribution in [0.25, 0.3) is 10.9 Å². The summed E-state index contributed by atoms with van der Waals surface area (Å²) < 4.78 is 0. The Morgan fingerprint density at radius 1 is 1.14 bits per heavy atom. The van der Waals surface area contributed by atoms with E-state index in [9.17, 15) is 4.79 Å². The van der Waals surface area contributed by atoms with Crippen molar-refractivity contribution < 1.29 is 4.79 Å². The van der Waals surface area contributed by atoms with Crippen LogP contribution in [0.1, 0.15) is 18.1 Å². The first kappa shape index (κ1) is 13.4. The molecule has 0 aliphatic carbocycles. The van der Waals surface area contributed by atoms with Crippen LogP contribution in [-0.2, 0) is 17.6 Å². The molecule has 1 aromatic heterocycles. The highest BCUT2D eigenvalue weighted by atomic mass is 16.1. The van der Waals surface area contributed by atoms with E-state index in [1.54, 1.807) is 0 Å². The van der Waals surface area contributed by atoms with Gasteiger partial charge in [-0.15, -0.1) is 0 Å². The van der Waals surface area contributed by atoms with Gasteiger partial charge in [-0.05, 0) is 41.1 Å². The van der Waals surface area contributed by atoms with Crippen molar-refractivity contribution in [1.29, 1.82) is 0 Å². The molecule has 0 aliphatic rings. The smallest absolute Gasteiger partial charge is 0.228 e. The Morgan fingerprint density at radius 2 is 2.00 bits per heavy atom. The third kappa shape index (κ3) is 2.97. The van der Waals surface area contributed by atoms with Crippen molar-refractivity contribution in [3.8, 4) is 0 Å². The fourth-order valence-corrected chi connectivity index (χ4v) is 2.54. The minimum atomic E-state index is 0.0156. The van der Waals surface area contributed by atoms with E-state index in [0.717, 1.165) is 34.1 Å². The van der Waals surface area contributed by atoms with Crippen molar-refractivity contribution in [2.75, 3.05) is 5.32 Å². The number of carbonyl (C=O) groups excluding carboxylic acids is 1. The summed E-state index contributed by atoms with van der Waals surface area (Å²) in [6, 6.07) is 16.0. The lowest BCUT2D eigenvalue weighted by Crippen LogP contribution is -2.15. The second-order valence-electron chi connectivity index (χ2n) is 5.13. The predicted molar refractivity (Wildman–Crippen MR) is 86.5 cm³/mol. The van der Waals surface area contributed by atoms with Crippen molar-refractivity contribution in [2.24, 2.45) is 0 Å². The van der Waals surface area contributed by atoms with Crippen LogP contribution < -0.4 is 5.32 Å². The molecule has 0 spiro atoms. The summed E-state index contributed by atoms with van der Waals surface area (Å²) >= 11 is 0. The maximum atomic E-state index is 12.2. The van der Waals surface area contributed by atoms with Gasteiger partial charge in [0, 0.05) is 17.4 Å². The molecule has 0 bridgehead atoms. The summed E-state index contributed by atoms with van der Waals surface area (Å²) in [5.74, 6) is 0.0156. The van der Waals surface area contributed by atoms with E-state index in [0.29, 0.717) is 6.42 Å². The van der Waals surface area contributed by atoms with Gasteiger partial charge in [0.1, 0.15) is 0 Å². The second kappa shape index (κ2) is 5.83. The van der Waals surface area contributed by atoms with E-state index in [1.165, 1.54) is 0 Å². The standard InChI is InChI=1S/C18H18N2O/c1-2-14-5-3-4-6-16(14)20-18(21)12-13-7-8-15-9-10-19-17(15)11-13/h3-11,19H,2,12H2,1H3,(H,20,21). The molecule has 106 valence electrons. The minimum absolute atomic E-state index is 0.0156. The summed E-state index contributed by atoms with van der Waals surface area (Å²) in [6.45, 7) is 2.09. The van der Waals surface area contributed by atoms with E-state index in [4.69, 9.17) is 0 Å². The van der Waals surface area contributed by atoms with Crippen LogP contribution in [-0.4, -0.2) is 10.9 Å². The number of nitrogens with one attached hydrogen (secondary N) is 2. The number of aryl methyl sites for hydroxylation is 1. The predicted octanol–water partition coefficient (Wildman–Crippen LogP) is 3.91. The van der Waals surface area contributed by atoms with Crippen LogP contribution in [0.15, 0.2) is 54.7 Å². The average molecular weight is 278 g/mol. The van der Waals surface area contributed by atoms with Crippen molar-refractivity contribution in [3.05, 3.63) is 65.9 Å². The lowest BCUT2D eigenvalue weighted by atomic mass is 10.1. The number of rotatable bonds is 4. The number of hydrogen-bond acceptors (Lipinski definition) is 1. The number of amides is 1. The van der Waals surface area contributed by atoms with Gasteiger partial charge in [-0.3, -0.25) is 4.79 Å². The normalized spacial score (nSPS) is 10.7. The number of aromatic nitrogens is 1. The maximum absolute atomic E-state index is 12.2. The zero-order valence-corrected chi connectivity index (χ0v) is 12.0. The lowest BCUT2D eigenvalue weighted by Gasteiger charge is -2.09. The van der Waals surface area contributed by atoms with Gasteiger partial charge in [0.05, 0.1) is 6.42 Å². The van der Waals surface area contributed by atoms with Gasteiger partial charge in [0.25, 0.3) is 0 Å². The molecule has 1 heterocycles. The van der Waals surface area contributed by atoms with Gasteiger partial charge < -0.3 is 10.3 Å². The highest BCUT2D eigenvalue weighted by Crippen LogP contribution is 2.17. The zero-order chi connectivity index (χ0) is 14.7. The highest BCUT2D eigenvalue weighted by Gasteiger charge is 2.07. The van der Waals surface area contributed by atoms with Crippen molar-refractivity contribution in [1.82, 2.24) is 4.98 Å². The van der Waals surface area contributed by atoms with Gasteiger partial charge in [-0.2, -0.15) is 0 Å². The molecule has 0 saturated heterocycles. The number of para-hydroxylation sites is 1. The topological polar surface area (TPSA) is 44.9 Å². The lowest BCUT2D eigenvalue weighted by molar-refractivity contribution is -0.115. The number of hydrogen-bond donors (Lipinski definition) is 2. The van der Waals surface area contributed by atoms with Crippen LogP contribution in [0.5, 0.6) is 0 Å². The van der Waals surface area contributed by atoms with Gasteiger partial charge in [-0.25, -0.2) is 0 Å². The van der Waals surface area contributed by atoms with Crippen LogP contribution >= 0.6 is 0 Å². The number of fused-ring (bicyclic) bond motifs is 1. The van der Waals surface area contributed by atoms with E-state index >= 15 is 0 Å². The highest BCUT2D eigenvalue weighted by molar-refractivity contribution is 5.93. The van der Waals surface area contributed by atoms with E-state index in [1.807, 2.05) is 54.7 Å². The van der Waals surface area contributed by atoms with Crippen LogP contribution in [0.3, 0.4) is 0 Å². The second-order valence-corrected chi connectivity index (χ2v) is 5.13. The van der Waals surface area contributed by atoms with E-state index in [-0.39, 0.29) is 5.91 Å². The van der Waals surface area contributed by atoms with Gasteiger partial charge in [0.2, 0.25) is 5.91 Å². The third-order valence-corrected chi connectivity index (χ3v) is 3.66. The van der Waals surface area contributed by atoms with Crippen molar-refractivity contribution >= 4 is 22.5 Å². The number of aromatic amines is 1. The first-order valence-corrected chi connectivity index (χ1v) is 7.20. The van der Waals surface area contributed by atoms with E-state index in [2.05, 4.69) is 17.2 Å². The Hall–Kier alpha value is -2.55. The van der Waals surface area contributed by atoms with Crippen LogP contribution in [0, 0.1) is 0 Å². The molecule has 3 nitrogen and oxygen atoms in total. The molecular formula is C18H18N2O. The van der Waals surface area contributed by atoms with Gasteiger partial charge in [0.15, 0.2) is 0 Å². The quantitative estimate of drug-likeness (QED) is 0.746. The summed E-state index contributed by atoms with van der Waals surface area (Å²) in [4.78, 5) is 15.4. The number of anilines is 1. The molecule has 0 aliphatic heterocycles. The maximum Gasteiger partial charge on any atom is 0.228 e. The Bertz CT molecular complexity index is 773. The molecule has 3 heteroatoms. The Labute approximate surface area is 124 Å². The first-order valence-electron chi connectivity index (χ1n) is 7.20. The minimum Gasteiger partial charge on any atom is -0.361 e. The van der Waals surface area contributed by atoms with Crippen LogP contribution in [0.4, 0.5) is 5.69 Å². The summed E-state index contributed by atoms with van der Waals surface area (Å²) in [5.41, 5.74) is 4.14. The summed E-state index contributed by atoms with van der Waals surface area (Å²) in [5, 5.41) is 4.17. The van der Waals surface area contributed by atoms with Crippen molar-refractivity contribution in [3.63, 3.8) is 0 Å². The molecule has 2 aromatic carbocycles. The molecular weight excluding hydrogens is 260 g/mol. The molecule has 3 aromatic rings. The monoisotopic (exact) mass is 278 g/mol. The molecule has 0 fully saturated rings. The fourth-order valence-electron chi connectivity index (χ4n) is 2.54. The Morgan fingerprint density at radius 3 is 2.86 bits per heavy atom. The molecule has 0 atom stereocenters. The molecule has 1 amide bonds. The largest absolute Gasteiger partial charge is 0.361 e. The van der Waals surface area contributed by atoms with Gasteiger partial charge >= 0.3 is 0 Å². The van der Waals surface area contributed by atoms with Crippen LogP contribution in [0.2, 0.25) is 0 Å². The Kier molecular flexibility index (Phi) is 3.73. The molecule has 3 rings (SSSR count). The number of carbonyl (C=O) groups is 1. The van der Waals surface area contributed by atoms with Gasteiger partial charge in [-0.1, -0.05) is 37.3 Å².